The van der Waals surface area contributed by atoms with E-state index in [4.69, 9.17) is 4.74 Å². The van der Waals surface area contributed by atoms with Crippen LogP contribution in [0, 0.1) is 5.92 Å². The molecule has 0 radical (unpaired) electrons. The molecule has 33 heavy (non-hydrogen) atoms. The van der Waals surface area contributed by atoms with Crippen LogP contribution < -0.4 is 10.5 Å². The lowest BCUT2D eigenvalue weighted by molar-refractivity contribution is 0.189. The van der Waals surface area contributed by atoms with E-state index in [1.54, 1.807) is 11.8 Å². The molecule has 2 aliphatic rings. The van der Waals surface area contributed by atoms with Gasteiger partial charge in [0.2, 0.25) is 0 Å². The lowest BCUT2D eigenvalue weighted by atomic mass is 10.1. The number of nitrogens with zero attached hydrogens (tertiary/aromatic N) is 4. The molecular weight excluding hydrogens is 432 g/mol. The van der Waals surface area contributed by atoms with E-state index in [9.17, 15) is 4.79 Å². The largest absolute Gasteiger partial charge is 0.501 e. The molecule has 2 aliphatic heterocycles. The zero-order valence-electron chi connectivity index (χ0n) is 18.5. The second kappa shape index (κ2) is 10.3. The van der Waals surface area contributed by atoms with E-state index in [-0.39, 0.29) is 5.56 Å². The first-order valence-electron chi connectivity index (χ1n) is 11.4. The number of rotatable bonds is 7. The fourth-order valence-corrected chi connectivity index (χ4v) is 5.33. The number of hydrogen-bond acceptors (Lipinski definition) is 6. The van der Waals surface area contributed by atoms with Crippen LogP contribution in [0.4, 0.5) is 5.69 Å². The smallest absolute Gasteiger partial charge is 0.287 e. The van der Waals surface area contributed by atoms with Crippen LogP contribution in [0.1, 0.15) is 5.56 Å². The SMILES string of the molecule is O=c1c(SCc2ccccc2)c(N2CCN(CC3C=COC3)CC2)cnn1-c1ccccc1. The lowest BCUT2D eigenvalue weighted by Crippen LogP contribution is -2.48. The third-order valence-electron chi connectivity index (χ3n) is 6.10. The molecule has 0 N–H and O–H groups in total. The molecule has 5 rings (SSSR count). The van der Waals surface area contributed by atoms with Gasteiger partial charge in [-0.2, -0.15) is 9.78 Å². The first-order valence-corrected chi connectivity index (χ1v) is 12.4. The Kier molecular flexibility index (Phi) is 6.79. The third-order valence-corrected chi connectivity index (χ3v) is 7.25. The van der Waals surface area contributed by atoms with E-state index in [1.165, 1.54) is 10.2 Å². The summed E-state index contributed by atoms with van der Waals surface area (Å²) in [6, 6.07) is 19.9. The Bertz CT molecular complexity index is 1140. The van der Waals surface area contributed by atoms with Crippen molar-refractivity contribution in [1.82, 2.24) is 14.7 Å². The zero-order chi connectivity index (χ0) is 22.5. The first-order chi connectivity index (χ1) is 16.3. The minimum absolute atomic E-state index is 0.0599. The summed E-state index contributed by atoms with van der Waals surface area (Å²) < 4.78 is 6.88. The Hall–Kier alpha value is -3.03. The Morgan fingerprint density at radius 1 is 0.970 bits per heavy atom. The topological polar surface area (TPSA) is 50.6 Å². The Balaban J connectivity index is 1.38. The van der Waals surface area contributed by atoms with Crippen LogP contribution in [0.2, 0.25) is 0 Å². The molecular formula is C26H28N4O2S. The van der Waals surface area contributed by atoms with Crippen molar-refractivity contribution in [3.8, 4) is 5.69 Å². The van der Waals surface area contributed by atoms with Crippen LogP contribution in [0.5, 0.6) is 0 Å². The maximum atomic E-state index is 13.6. The minimum atomic E-state index is -0.0599. The Morgan fingerprint density at radius 2 is 1.70 bits per heavy atom. The second-order valence-electron chi connectivity index (χ2n) is 8.40. The highest BCUT2D eigenvalue weighted by molar-refractivity contribution is 7.98. The number of hydrogen-bond donors (Lipinski definition) is 0. The highest BCUT2D eigenvalue weighted by Crippen LogP contribution is 2.30. The van der Waals surface area contributed by atoms with Gasteiger partial charge in [0, 0.05) is 44.4 Å². The molecule has 1 aromatic heterocycles. The summed E-state index contributed by atoms with van der Waals surface area (Å²) in [6.45, 7) is 5.50. The van der Waals surface area contributed by atoms with Gasteiger partial charge in [-0.05, 0) is 23.8 Å². The molecule has 0 bridgehead atoms. The lowest BCUT2D eigenvalue weighted by Gasteiger charge is -2.37. The third kappa shape index (κ3) is 5.15. The summed E-state index contributed by atoms with van der Waals surface area (Å²) in [5.74, 6) is 1.22. The molecule has 3 aromatic rings. The summed E-state index contributed by atoms with van der Waals surface area (Å²) in [7, 11) is 0. The van der Waals surface area contributed by atoms with E-state index < -0.39 is 0 Å². The number of ether oxygens (including phenoxy) is 1. The summed E-state index contributed by atoms with van der Waals surface area (Å²) >= 11 is 1.60. The highest BCUT2D eigenvalue weighted by Gasteiger charge is 2.24. The predicted molar refractivity (Wildman–Crippen MR) is 133 cm³/mol. The van der Waals surface area contributed by atoms with E-state index in [0.29, 0.717) is 5.92 Å². The summed E-state index contributed by atoms with van der Waals surface area (Å²) in [4.78, 5) is 19.1. The van der Waals surface area contributed by atoms with Gasteiger partial charge in [0.05, 0.1) is 30.4 Å². The number of aromatic nitrogens is 2. The van der Waals surface area contributed by atoms with Crippen molar-refractivity contribution in [1.29, 1.82) is 0 Å². The van der Waals surface area contributed by atoms with Crippen LogP contribution in [-0.2, 0) is 10.5 Å². The van der Waals surface area contributed by atoms with Crippen molar-refractivity contribution in [2.24, 2.45) is 5.92 Å². The summed E-state index contributed by atoms with van der Waals surface area (Å²) in [6.07, 6.45) is 5.83. The molecule has 1 fully saturated rings. The van der Waals surface area contributed by atoms with Crippen LogP contribution in [-0.4, -0.2) is 54.0 Å². The van der Waals surface area contributed by atoms with Crippen molar-refractivity contribution < 1.29 is 4.74 Å². The van der Waals surface area contributed by atoms with Gasteiger partial charge in [-0.3, -0.25) is 9.69 Å². The van der Waals surface area contributed by atoms with Crippen molar-refractivity contribution in [2.75, 3.05) is 44.2 Å². The molecule has 6 nitrogen and oxygen atoms in total. The van der Waals surface area contributed by atoms with Gasteiger partial charge in [-0.15, -0.1) is 11.8 Å². The molecule has 3 heterocycles. The number of anilines is 1. The average Bonchev–Trinajstić information content (AvgIpc) is 3.38. The van der Waals surface area contributed by atoms with Crippen LogP contribution >= 0.6 is 11.8 Å². The Labute approximate surface area is 198 Å². The molecule has 7 heteroatoms. The van der Waals surface area contributed by atoms with Gasteiger partial charge in [0.1, 0.15) is 4.90 Å². The van der Waals surface area contributed by atoms with Crippen LogP contribution in [0.25, 0.3) is 5.69 Å². The van der Waals surface area contributed by atoms with Crippen LogP contribution in [0.3, 0.4) is 0 Å². The molecule has 0 aliphatic carbocycles. The number of piperazine rings is 1. The van der Waals surface area contributed by atoms with Crippen molar-refractivity contribution in [3.63, 3.8) is 0 Å². The molecule has 1 atom stereocenters. The molecule has 0 saturated carbocycles. The standard InChI is InChI=1S/C26H28N4O2S/c31-26-25(33-20-21-7-3-1-4-8-21)24(17-27-30(26)23-9-5-2-6-10-23)29-14-12-28(13-15-29)18-22-11-16-32-19-22/h1-11,16-17,22H,12-15,18-20H2. The first kappa shape index (κ1) is 21.8. The van der Waals surface area contributed by atoms with Gasteiger partial charge in [-0.25, -0.2) is 0 Å². The maximum absolute atomic E-state index is 13.6. The molecule has 1 saturated heterocycles. The molecule has 2 aromatic carbocycles. The van der Waals surface area contributed by atoms with Gasteiger partial charge in [0.25, 0.3) is 5.56 Å². The van der Waals surface area contributed by atoms with Gasteiger partial charge < -0.3 is 9.64 Å². The number of thioether (sulfide) groups is 1. The maximum Gasteiger partial charge on any atom is 0.287 e. The van der Waals surface area contributed by atoms with E-state index >= 15 is 0 Å². The van der Waals surface area contributed by atoms with Gasteiger partial charge in [0.15, 0.2) is 0 Å². The Morgan fingerprint density at radius 3 is 2.39 bits per heavy atom. The molecule has 0 amide bonds. The fourth-order valence-electron chi connectivity index (χ4n) is 4.29. The van der Waals surface area contributed by atoms with E-state index in [2.05, 4.69) is 33.1 Å². The minimum Gasteiger partial charge on any atom is -0.501 e. The molecule has 170 valence electrons. The highest BCUT2D eigenvalue weighted by atomic mass is 32.2. The quantitative estimate of drug-likeness (QED) is 0.500. The van der Waals surface area contributed by atoms with Crippen molar-refractivity contribution >= 4 is 17.4 Å². The average molecular weight is 461 g/mol. The summed E-state index contributed by atoms with van der Waals surface area (Å²) in [5, 5.41) is 4.55. The van der Waals surface area contributed by atoms with Crippen LogP contribution in [0.15, 0.2) is 88.9 Å². The monoisotopic (exact) mass is 460 g/mol. The predicted octanol–water partition coefficient (Wildman–Crippen LogP) is 3.81. The van der Waals surface area contributed by atoms with Crippen molar-refractivity contribution in [2.45, 2.75) is 10.6 Å². The zero-order valence-corrected chi connectivity index (χ0v) is 19.4. The van der Waals surface area contributed by atoms with E-state index in [0.717, 1.165) is 61.4 Å². The number of para-hydroxylation sites is 1. The van der Waals surface area contributed by atoms with Gasteiger partial charge in [-0.1, -0.05) is 48.5 Å². The second-order valence-corrected chi connectivity index (χ2v) is 9.38. The van der Waals surface area contributed by atoms with Gasteiger partial charge >= 0.3 is 0 Å². The van der Waals surface area contributed by atoms with Crippen molar-refractivity contribution in [3.05, 3.63) is 95.1 Å². The van der Waals surface area contributed by atoms with E-state index in [1.807, 2.05) is 61.0 Å². The summed E-state index contributed by atoms with van der Waals surface area (Å²) in [5.41, 5.74) is 2.87. The molecule has 0 spiro atoms. The fraction of sp³-hybridized carbons (Fsp3) is 0.308. The normalized spacial score (nSPS) is 18.4. The number of benzene rings is 2. The molecule has 1 unspecified atom stereocenters.